The molecule has 1 unspecified atom stereocenters. The van der Waals surface area contributed by atoms with Crippen molar-refractivity contribution >= 4 is 11.4 Å². The van der Waals surface area contributed by atoms with Crippen LogP contribution in [0.25, 0.3) is 11.4 Å². The first-order valence-corrected chi connectivity index (χ1v) is 8.22. The zero-order valence-electron chi connectivity index (χ0n) is 13.4. The summed E-state index contributed by atoms with van der Waals surface area (Å²) in [5.74, 6) is 0. The quantitative estimate of drug-likeness (QED) is 0.735. The summed E-state index contributed by atoms with van der Waals surface area (Å²) in [6, 6.07) is 18.2. The van der Waals surface area contributed by atoms with Gasteiger partial charge in [-0.1, -0.05) is 12.1 Å². The summed E-state index contributed by atoms with van der Waals surface area (Å²) < 4.78 is 2.25. The van der Waals surface area contributed by atoms with Gasteiger partial charge in [0.05, 0.1) is 11.4 Å². The maximum atomic E-state index is 4.59. The van der Waals surface area contributed by atoms with Gasteiger partial charge < -0.3 is 5.32 Å². The Kier molecular flexibility index (Phi) is 3.10. The molecule has 3 aromatic rings. The van der Waals surface area contributed by atoms with Crippen LogP contribution in [0.15, 0.2) is 85.6 Å². The van der Waals surface area contributed by atoms with E-state index in [-0.39, 0.29) is 6.17 Å². The standard InChI is InChI=1S/C20H15N5/c1-4-10-21-15(7-1)18-19-17-9-3-6-13-24(17)20(25(19)14-12-23-18)16-8-2-5-11-22-16/h1-14,20H/p+1. The third kappa shape index (κ3) is 2.13. The molecule has 120 valence electrons. The third-order valence-corrected chi connectivity index (χ3v) is 4.49. The molecule has 0 saturated heterocycles. The van der Waals surface area contributed by atoms with Crippen molar-refractivity contribution in [3.8, 4) is 0 Å². The van der Waals surface area contributed by atoms with E-state index in [4.69, 9.17) is 0 Å². The molecule has 0 radical (unpaired) electrons. The zero-order chi connectivity index (χ0) is 16.6. The molecule has 25 heavy (non-hydrogen) atoms. The van der Waals surface area contributed by atoms with Gasteiger partial charge in [0.25, 0.3) is 6.17 Å². The Morgan fingerprint density at radius 3 is 2.56 bits per heavy atom. The van der Waals surface area contributed by atoms with E-state index in [2.05, 4.69) is 61.4 Å². The van der Waals surface area contributed by atoms with Crippen LogP contribution in [0.2, 0.25) is 0 Å². The van der Waals surface area contributed by atoms with Crippen LogP contribution in [0.1, 0.15) is 23.2 Å². The predicted octanol–water partition coefficient (Wildman–Crippen LogP) is 2.53. The Bertz CT molecular complexity index is 979. The van der Waals surface area contributed by atoms with E-state index >= 15 is 0 Å². The fraction of sp³-hybridized carbons (Fsp3) is 0.0500. The Balaban J connectivity index is 1.76. The largest absolute Gasteiger partial charge is 0.357 e. The minimum absolute atomic E-state index is 0.00976. The molecule has 0 aliphatic carbocycles. The summed E-state index contributed by atoms with van der Waals surface area (Å²) in [7, 11) is 0. The molecule has 5 rings (SSSR count). The van der Waals surface area contributed by atoms with E-state index in [9.17, 15) is 0 Å². The van der Waals surface area contributed by atoms with E-state index in [0.29, 0.717) is 0 Å². The summed E-state index contributed by atoms with van der Waals surface area (Å²) >= 11 is 0. The molecule has 1 atom stereocenters. The van der Waals surface area contributed by atoms with Gasteiger partial charge in [-0.3, -0.25) is 14.9 Å². The topological polar surface area (TPSA) is 44.9 Å². The molecule has 2 aliphatic rings. The van der Waals surface area contributed by atoms with E-state index < -0.39 is 0 Å². The SMILES string of the molecule is C1=CN2C(=C(c3ccccn3)N1)c1cccc[n+]1C2c1ccccn1. The molecule has 0 spiro atoms. The molecule has 0 fully saturated rings. The smallest absolute Gasteiger partial charge is 0.281 e. The van der Waals surface area contributed by atoms with Crippen LogP contribution in [-0.4, -0.2) is 14.9 Å². The second kappa shape index (κ2) is 5.56. The molecule has 0 saturated carbocycles. The second-order valence-electron chi connectivity index (χ2n) is 5.93. The monoisotopic (exact) mass is 326 g/mol. The molecule has 0 amide bonds. The molecular weight excluding hydrogens is 310 g/mol. The number of hydrogen-bond donors (Lipinski definition) is 1. The Labute approximate surface area is 145 Å². The number of nitrogens with one attached hydrogen (secondary N) is 1. The molecule has 5 nitrogen and oxygen atoms in total. The summed E-state index contributed by atoms with van der Waals surface area (Å²) in [6.45, 7) is 0. The lowest BCUT2D eigenvalue weighted by molar-refractivity contribution is -0.719. The summed E-state index contributed by atoms with van der Waals surface area (Å²) in [4.78, 5) is 11.4. The van der Waals surface area contributed by atoms with E-state index in [1.165, 1.54) is 0 Å². The highest BCUT2D eigenvalue weighted by Crippen LogP contribution is 2.38. The average Bonchev–Trinajstić information content (AvgIpc) is 3.04. The number of rotatable bonds is 2. The number of aromatic nitrogens is 3. The summed E-state index contributed by atoms with van der Waals surface area (Å²) in [5, 5.41) is 3.38. The molecule has 5 heterocycles. The van der Waals surface area contributed by atoms with Crippen LogP contribution in [0.4, 0.5) is 0 Å². The lowest BCUT2D eigenvalue weighted by atomic mass is 10.1. The van der Waals surface area contributed by atoms with Crippen LogP contribution < -0.4 is 9.88 Å². The van der Waals surface area contributed by atoms with Crippen LogP contribution in [0, 0.1) is 0 Å². The first kappa shape index (κ1) is 13.9. The molecule has 3 aromatic heterocycles. The normalized spacial score (nSPS) is 17.9. The van der Waals surface area contributed by atoms with Gasteiger partial charge in [-0.05, 0) is 30.3 Å². The van der Waals surface area contributed by atoms with Crippen molar-refractivity contribution in [1.82, 2.24) is 20.2 Å². The predicted molar refractivity (Wildman–Crippen MR) is 94.2 cm³/mol. The van der Waals surface area contributed by atoms with Crippen LogP contribution in [-0.2, 0) is 0 Å². The fourth-order valence-electron chi connectivity index (χ4n) is 3.46. The van der Waals surface area contributed by atoms with Gasteiger partial charge in [-0.2, -0.15) is 4.57 Å². The van der Waals surface area contributed by atoms with Crippen molar-refractivity contribution in [3.05, 3.63) is 103 Å². The van der Waals surface area contributed by atoms with Crippen LogP contribution in [0.5, 0.6) is 0 Å². The molecular formula is C20H16N5+. The van der Waals surface area contributed by atoms with Gasteiger partial charge in [0.15, 0.2) is 6.20 Å². The summed E-state index contributed by atoms with van der Waals surface area (Å²) in [6.07, 6.45) is 9.77. The number of pyridine rings is 3. The number of fused-ring (bicyclic) bond motifs is 3. The maximum absolute atomic E-state index is 4.59. The Morgan fingerprint density at radius 2 is 1.76 bits per heavy atom. The highest BCUT2D eigenvalue weighted by atomic mass is 15.4. The number of hydrogen-bond acceptors (Lipinski definition) is 4. The van der Waals surface area contributed by atoms with E-state index in [0.717, 1.165) is 28.5 Å². The summed E-state index contributed by atoms with van der Waals surface area (Å²) in [5.41, 5.74) is 5.17. The molecule has 2 aliphatic heterocycles. The van der Waals surface area contributed by atoms with Crippen molar-refractivity contribution in [2.24, 2.45) is 0 Å². The van der Waals surface area contributed by atoms with Gasteiger partial charge in [0.2, 0.25) is 5.69 Å². The highest BCUT2D eigenvalue weighted by Gasteiger charge is 2.45. The first-order valence-electron chi connectivity index (χ1n) is 8.22. The van der Waals surface area contributed by atoms with Gasteiger partial charge in [0, 0.05) is 36.9 Å². The van der Waals surface area contributed by atoms with Gasteiger partial charge >= 0.3 is 0 Å². The molecule has 0 aromatic carbocycles. The van der Waals surface area contributed by atoms with E-state index in [1.54, 1.807) is 0 Å². The lowest BCUT2D eigenvalue weighted by Crippen LogP contribution is -2.42. The molecule has 5 heteroatoms. The fourth-order valence-corrected chi connectivity index (χ4v) is 3.46. The van der Waals surface area contributed by atoms with Crippen molar-refractivity contribution in [3.63, 3.8) is 0 Å². The lowest BCUT2D eigenvalue weighted by Gasteiger charge is -2.23. The molecule has 1 N–H and O–H groups in total. The maximum Gasteiger partial charge on any atom is 0.281 e. The van der Waals surface area contributed by atoms with Crippen molar-refractivity contribution in [2.75, 3.05) is 0 Å². The van der Waals surface area contributed by atoms with Gasteiger partial charge in [-0.15, -0.1) is 0 Å². The average molecular weight is 326 g/mol. The van der Waals surface area contributed by atoms with E-state index in [1.807, 2.05) is 48.9 Å². The van der Waals surface area contributed by atoms with Crippen LogP contribution >= 0.6 is 0 Å². The highest BCUT2D eigenvalue weighted by molar-refractivity contribution is 5.88. The van der Waals surface area contributed by atoms with Gasteiger partial charge in [-0.25, -0.2) is 0 Å². The van der Waals surface area contributed by atoms with Gasteiger partial charge in [0.1, 0.15) is 11.4 Å². The second-order valence-corrected chi connectivity index (χ2v) is 5.93. The van der Waals surface area contributed by atoms with Crippen molar-refractivity contribution in [2.45, 2.75) is 6.17 Å². The minimum Gasteiger partial charge on any atom is -0.357 e. The van der Waals surface area contributed by atoms with Crippen LogP contribution in [0.3, 0.4) is 0 Å². The van der Waals surface area contributed by atoms with Crippen molar-refractivity contribution < 1.29 is 4.57 Å². The Morgan fingerprint density at radius 1 is 0.920 bits per heavy atom. The zero-order valence-corrected chi connectivity index (χ0v) is 13.4. The Hall–Kier alpha value is -3.47. The third-order valence-electron chi connectivity index (χ3n) is 4.49. The molecule has 0 bridgehead atoms. The number of nitrogens with zero attached hydrogens (tertiary/aromatic N) is 4. The van der Waals surface area contributed by atoms with Crippen molar-refractivity contribution in [1.29, 1.82) is 0 Å². The first-order chi connectivity index (χ1) is 12.4. The minimum atomic E-state index is -0.00976.